The monoisotopic (exact) mass is 213 g/mol. The fourth-order valence-electron chi connectivity index (χ4n) is 0.863. The van der Waals surface area contributed by atoms with Crippen molar-refractivity contribution in [2.24, 2.45) is 7.05 Å². The molecule has 1 heterocycles. The Balaban J connectivity index is 3.33. The molecule has 0 aliphatic heterocycles. The highest BCUT2D eigenvalue weighted by molar-refractivity contribution is 7.79. The Bertz CT molecular complexity index is 346. The van der Waals surface area contributed by atoms with E-state index in [-0.39, 0.29) is 0 Å². The van der Waals surface area contributed by atoms with Crippen LogP contribution >= 0.6 is 0 Å². The summed E-state index contributed by atoms with van der Waals surface area (Å²) < 4.78 is 57.6. The van der Waals surface area contributed by atoms with E-state index in [4.69, 9.17) is 0 Å². The van der Waals surface area contributed by atoms with Crippen LogP contribution in [0.4, 0.5) is 13.2 Å². The van der Waals surface area contributed by atoms with Crippen LogP contribution in [-0.2, 0) is 24.3 Å². The van der Waals surface area contributed by atoms with Crippen LogP contribution in [0, 0.1) is 0 Å². The Morgan fingerprint density at radius 2 is 2.15 bits per heavy atom. The summed E-state index contributed by atoms with van der Waals surface area (Å²) in [5, 5.41) is 3.21. The third-order valence-corrected chi connectivity index (χ3v) is 2.01. The molecule has 8 heteroatoms. The average Bonchev–Trinajstić information content (AvgIpc) is 2.28. The molecule has 0 amide bonds. The van der Waals surface area contributed by atoms with Gasteiger partial charge in [0, 0.05) is 7.05 Å². The Morgan fingerprint density at radius 3 is 2.46 bits per heavy atom. The summed E-state index contributed by atoms with van der Waals surface area (Å²) in [6.07, 6.45) is -4.05. The molecule has 1 rings (SSSR count). The van der Waals surface area contributed by atoms with Gasteiger partial charge in [0.2, 0.25) is 0 Å². The molecule has 0 fully saturated rings. The largest absolute Gasteiger partial charge is 0.768 e. The van der Waals surface area contributed by atoms with Gasteiger partial charge in [-0.15, -0.1) is 0 Å². The van der Waals surface area contributed by atoms with E-state index in [0.717, 1.165) is 7.05 Å². The van der Waals surface area contributed by atoms with E-state index in [1.54, 1.807) is 0 Å². The number of hydrogen-bond acceptors (Lipinski definition) is 3. The van der Waals surface area contributed by atoms with E-state index in [1.165, 1.54) is 0 Å². The Kier molecular flexibility index (Phi) is 2.44. The highest BCUT2D eigenvalue weighted by atomic mass is 32.2. The molecule has 0 aliphatic rings. The van der Waals surface area contributed by atoms with Crippen molar-refractivity contribution in [3.63, 3.8) is 0 Å². The lowest BCUT2D eigenvalue weighted by Crippen LogP contribution is -2.14. The molecular formula is C5H4F3N2O2S-. The van der Waals surface area contributed by atoms with Crippen LogP contribution in [0.5, 0.6) is 0 Å². The first-order chi connectivity index (χ1) is 5.84. The lowest BCUT2D eigenvalue weighted by atomic mass is 10.4. The molecule has 0 N–H and O–H groups in total. The van der Waals surface area contributed by atoms with Crippen LogP contribution in [-0.4, -0.2) is 18.5 Å². The van der Waals surface area contributed by atoms with E-state index in [1.807, 2.05) is 0 Å². The number of hydrogen-bond donors (Lipinski definition) is 0. The van der Waals surface area contributed by atoms with Crippen molar-refractivity contribution in [3.8, 4) is 0 Å². The third kappa shape index (κ3) is 1.89. The number of aromatic nitrogens is 2. The lowest BCUT2D eigenvalue weighted by molar-refractivity contribution is -0.146. The van der Waals surface area contributed by atoms with Crippen LogP contribution in [0.1, 0.15) is 5.69 Å². The average molecular weight is 213 g/mol. The minimum Gasteiger partial charge on any atom is -0.768 e. The van der Waals surface area contributed by atoms with Gasteiger partial charge in [0.05, 0.1) is 11.1 Å². The fourth-order valence-corrected chi connectivity index (χ4v) is 1.40. The second kappa shape index (κ2) is 3.11. The molecule has 1 unspecified atom stereocenters. The zero-order chi connectivity index (χ0) is 10.2. The SMILES string of the molecule is Cn1ncc(S(=O)[O-])c1C(F)(F)F. The van der Waals surface area contributed by atoms with Crippen LogP contribution in [0.3, 0.4) is 0 Å². The minimum atomic E-state index is -4.71. The first-order valence-corrected chi connectivity index (χ1v) is 4.10. The van der Waals surface area contributed by atoms with Crippen LogP contribution in [0.15, 0.2) is 11.1 Å². The van der Waals surface area contributed by atoms with Crippen molar-refractivity contribution in [3.05, 3.63) is 11.9 Å². The van der Waals surface area contributed by atoms with Gasteiger partial charge < -0.3 is 4.55 Å². The summed E-state index contributed by atoms with van der Waals surface area (Å²) in [7, 11) is 1.03. The molecule has 0 spiro atoms. The summed E-state index contributed by atoms with van der Waals surface area (Å²) in [5.74, 6) is 0. The molecule has 1 aromatic heterocycles. The quantitative estimate of drug-likeness (QED) is 0.644. The molecule has 1 aromatic rings. The molecule has 0 radical (unpaired) electrons. The molecule has 4 nitrogen and oxygen atoms in total. The van der Waals surface area contributed by atoms with Crippen molar-refractivity contribution >= 4 is 11.1 Å². The van der Waals surface area contributed by atoms with Crippen molar-refractivity contribution in [1.29, 1.82) is 0 Å². The molecule has 74 valence electrons. The van der Waals surface area contributed by atoms with Gasteiger partial charge in [-0.2, -0.15) is 18.3 Å². The maximum Gasteiger partial charge on any atom is 0.434 e. The van der Waals surface area contributed by atoms with Gasteiger partial charge >= 0.3 is 6.18 Å². The molecule has 13 heavy (non-hydrogen) atoms. The van der Waals surface area contributed by atoms with E-state index < -0.39 is 27.8 Å². The summed E-state index contributed by atoms with van der Waals surface area (Å²) in [5.41, 5.74) is -1.26. The van der Waals surface area contributed by atoms with Gasteiger partial charge in [-0.1, -0.05) is 0 Å². The lowest BCUT2D eigenvalue weighted by Gasteiger charge is -2.10. The minimum absolute atomic E-state index is 0.477. The van der Waals surface area contributed by atoms with Crippen LogP contribution in [0.2, 0.25) is 0 Å². The second-order valence-corrected chi connectivity index (χ2v) is 3.12. The summed E-state index contributed by atoms with van der Waals surface area (Å²) in [6, 6.07) is 0. The number of aryl methyl sites for hydroxylation is 1. The number of alkyl halides is 3. The first-order valence-electron chi connectivity index (χ1n) is 3.02. The van der Waals surface area contributed by atoms with Crippen molar-refractivity contribution in [2.75, 3.05) is 0 Å². The predicted molar refractivity (Wildman–Crippen MR) is 35.4 cm³/mol. The zero-order valence-electron chi connectivity index (χ0n) is 6.33. The standard InChI is InChI=1S/C5H5F3N2O2S/c1-10-4(5(6,7)8)3(2-9-10)13(11)12/h2H,1H3,(H,11,12)/p-1. The number of rotatable bonds is 1. The van der Waals surface area contributed by atoms with Gasteiger partial charge in [-0.05, 0) is 11.1 Å². The molecule has 0 bridgehead atoms. The fraction of sp³-hybridized carbons (Fsp3) is 0.400. The van der Waals surface area contributed by atoms with Gasteiger partial charge in [-0.25, -0.2) is 0 Å². The maximum absolute atomic E-state index is 12.2. The topological polar surface area (TPSA) is 58.0 Å². The Labute approximate surface area is 73.6 Å². The van der Waals surface area contributed by atoms with E-state index in [0.29, 0.717) is 10.9 Å². The maximum atomic E-state index is 12.2. The van der Waals surface area contributed by atoms with Crippen molar-refractivity contribution < 1.29 is 21.9 Å². The number of nitrogens with zero attached hydrogens (tertiary/aromatic N) is 2. The van der Waals surface area contributed by atoms with Crippen LogP contribution < -0.4 is 0 Å². The molecule has 1 atom stereocenters. The van der Waals surface area contributed by atoms with Crippen molar-refractivity contribution in [1.82, 2.24) is 9.78 Å². The normalized spacial score (nSPS) is 14.5. The number of halogens is 3. The molecule has 0 aliphatic carbocycles. The van der Waals surface area contributed by atoms with E-state index >= 15 is 0 Å². The molecule has 0 saturated heterocycles. The molecular weight excluding hydrogens is 209 g/mol. The van der Waals surface area contributed by atoms with Gasteiger partial charge in [0.1, 0.15) is 0 Å². The van der Waals surface area contributed by atoms with Gasteiger partial charge in [0.15, 0.2) is 5.69 Å². The highest BCUT2D eigenvalue weighted by Gasteiger charge is 2.37. The summed E-state index contributed by atoms with van der Waals surface area (Å²) in [6.45, 7) is 0. The molecule has 0 saturated carbocycles. The van der Waals surface area contributed by atoms with Crippen molar-refractivity contribution in [2.45, 2.75) is 11.1 Å². The Hall–Kier alpha value is -0.890. The second-order valence-electron chi connectivity index (χ2n) is 2.21. The van der Waals surface area contributed by atoms with E-state index in [9.17, 15) is 21.9 Å². The highest BCUT2D eigenvalue weighted by Crippen LogP contribution is 2.32. The Morgan fingerprint density at radius 1 is 1.62 bits per heavy atom. The smallest absolute Gasteiger partial charge is 0.434 e. The summed E-state index contributed by atoms with van der Waals surface area (Å²) in [4.78, 5) is -0.838. The van der Waals surface area contributed by atoms with Gasteiger partial charge in [0.25, 0.3) is 0 Å². The first kappa shape index (κ1) is 10.2. The van der Waals surface area contributed by atoms with Gasteiger partial charge in [-0.3, -0.25) is 8.89 Å². The zero-order valence-corrected chi connectivity index (χ0v) is 7.15. The summed E-state index contributed by atoms with van der Waals surface area (Å²) >= 11 is -2.92. The third-order valence-electron chi connectivity index (χ3n) is 1.35. The van der Waals surface area contributed by atoms with E-state index in [2.05, 4.69) is 5.10 Å². The molecule has 0 aromatic carbocycles. The van der Waals surface area contributed by atoms with Crippen LogP contribution in [0.25, 0.3) is 0 Å². The predicted octanol–water partition coefficient (Wildman–Crippen LogP) is 0.677.